The van der Waals surface area contributed by atoms with Gasteiger partial charge in [0.05, 0.1) is 18.3 Å². The number of ether oxygens (including phenoxy) is 1. The van der Waals surface area contributed by atoms with Crippen molar-refractivity contribution in [1.29, 1.82) is 0 Å². The standard InChI is InChI=1S/C22H32N2O3.ClH/c1-4-6-12-23-13-10-16(11-14-23)15-19-21(27-3)20(22(25)26)18-9-7-8-17(5-2)24(18)19;/h7-9,16H,4-6,10-15H2,1-3H3,(H,25,26);1H. The van der Waals surface area contributed by atoms with Gasteiger partial charge in [-0.15, -0.1) is 12.4 Å². The summed E-state index contributed by atoms with van der Waals surface area (Å²) in [7, 11) is 1.59. The molecule has 2 aromatic rings. The number of aryl methyl sites for hydroxylation is 1. The van der Waals surface area contributed by atoms with Gasteiger partial charge in [-0.25, -0.2) is 4.79 Å². The van der Waals surface area contributed by atoms with Crippen LogP contribution in [0, 0.1) is 5.92 Å². The van der Waals surface area contributed by atoms with E-state index >= 15 is 0 Å². The third kappa shape index (κ3) is 4.47. The molecule has 5 nitrogen and oxygen atoms in total. The summed E-state index contributed by atoms with van der Waals surface area (Å²) in [5, 5.41) is 9.79. The van der Waals surface area contributed by atoms with E-state index in [1.54, 1.807) is 7.11 Å². The van der Waals surface area contributed by atoms with Gasteiger partial charge in [0, 0.05) is 5.69 Å². The summed E-state index contributed by atoms with van der Waals surface area (Å²) in [6.07, 6.45) is 6.56. The van der Waals surface area contributed by atoms with Crippen LogP contribution in [0.4, 0.5) is 0 Å². The summed E-state index contributed by atoms with van der Waals surface area (Å²) >= 11 is 0. The predicted molar refractivity (Wildman–Crippen MR) is 115 cm³/mol. The number of carbonyl (C=O) groups is 1. The minimum atomic E-state index is -0.918. The molecule has 1 saturated heterocycles. The Morgan fingerprint density at radius 1 is 1.25 bits per heavy atom. The van der Waals surface area contributed by atoms with Crippen molar-refractivity contribution in [2.75, 3.05) is 26.7 Å². The third-order valence-corrected chi connectivity index (χ3v) is 5.88. The van der Waals surface area contributed by atoms with Gasteiger partial charge in [0.15, 0.2) is 5.75 Å². The summed E-state index contributed by atoms with van der Waals surface area (Å²) < 4.78 is 7.76. The number of nitrogens with zero attached hydrogens (tertiary/aromatic N) is 2. The second-order valence-electron chi connectivity index (χ2n) is 7.59. The largest absolute Gasteiger partial charge is 0.494 e. The number of carboxylic acids is 1. The molecule has 2 aromatic heterocycles. The lowest BCUT2D eigenvalue weighted by Crippen LogP contribution is -2.35. The van der Waals surface area contributed by atoms with E-state index in [0.717, 1.165) is 55.7 Å². The molecule has 156 valence electrons. The zero-order valence-electron chi connectivity index (χ0n) is 17.2. The van der Waals surface area contributed by atoms with Crippen molar-refractivity contribution >= 4 is 23.9 Å². The van der Waals surface area contributed by atoms with E-state index in [1.807, 2.05) is 12.1 Å². The molecular formula is C22H33ClN2O3. The Bertz CT molecular complexity index is 795. The number of piperidine rings is 1. The van der Waals surface area contributed by atoms with Gasteiger partial charge in [0.25, 0.3) is 0 Å². The van der Waals surface area contributed by atoms with Crippen LogP contribution in [0.3, 0.4) is 0 Å². The molecule has 0 amide bonds. The average Bonchev–Trinajstić information content (AvgIpc) is 3.01. The molecule has 0 radical (unpaired) electrons. The molecule has 0 bridgehead atoms. The normalized spacial score (nSPS) is 15.5. The summed E-state index contributed by atoms with van der Waals surface area (Å²) in [4.78, 5) is 14.5. The van der Waals surface area contributed by atoms with Gasteiger partial charge in [-0.1, -0.05) is 26.3 Å². The Labute approximate surface area is 174 Å². The number of halogens is 1. The number of methoxy groups -OCH3 is 1. The van der Waals surface area contributed by atoms with Crippen LogP contribution in [-0.2, 0) is 12.8 Å². The van der Waals surface area contributed by atoms with Crippen molar-refractivity contribution in [2.24, 2.45) is 5.92 Å². The molecule has 0 saturated carbocycles. The van der Waals surface area contributed by atoms with Gasteiger partial charge in [0.1, 0.15) is 5.56 Å². The maximum Gasteiger partial charge on any atom is 0.341 e. The van der Waals surface area contributed by atoms with E-state index in [9.17, 15) is 9.90 Å². The highest BCUT2D eigenvalue weighted by molar-refractivity contribution is 6.00. The molecule has 1 N–H and O–H groups in total. The minimum Gasteiger partial charge on any atom is -0.494 e. The summed E-state index contributed by atoms with van der Waals surface area (Å²) in [6.45, 7) is 7.83. The van der Waals surface area contributed by atoms with E-state index in [1.165, 1.54) is 19.4 Å². The van der Waals surface area contributed by atoms with Crippen LogP contribution < -0.4 is 4.74 Å². The fourth-order valence-corrected chi connectivity index (χ4v) is 4.39. The van der Waals surface area contributed by atoms with Gasteiger partial charge in [-0.05, 0) is 69.8 Å². The first-order valence-corrected chi connectivity index (χ1v) is 10.2. The van der Waals surface area contributed by atoms with E-state index in [4.69, 9.17) is 4.74 Å². The Morgan fingerprint density at radius 3 is 2.54 bits per heavy atom. The number of carboxylic acid groups (broad SMARTS) is 1. The second-order valence-corrected chi connectivity index (χ2v) is 7.59. The van der Waals surface area contributed by atoms with Gasteiger partial charge >= 0.3 is 5.97 Å². The first kappa shape index (κ1) is 22.6. The smallest absolute Gasteiger partial charge is 0.341 e. The minimum absolute atomic E-state index is 0. The number of unbranched alkanes of at least 4 members (excludes halogenated alkanes) is 1. The Hall–Kier alpha value is -1.72. The lowest BCUT2D eigenvalue weighted by atomic mass is 9.91. The number of aromatic carboxylic acids is 1. The lowest BCUT2D eigenvalue weighted by molar-refractivity contribution is 0.0695. The second kappa shape index (κ2) is 10.2. The molecule has 0 aliphatic carbocycles. The summed E-state index contributed by atoms with van der Waals surface area (Å²) in [5.41, 5.74) is 3.19. The first-order valence-electron chi connectivity index (χ1n) is 10.2. The number of rotatable bonds is 8. The zero-order valence-corrected chi connectivity index (χ0v) is 18.1. The molecule has 0 unspecified atom stereocenters. The quantitative estimate of drug-likeness (QED) is 0.688. The van der Waals surface area contributed by atoms with Crippen molar-refractivity contribution in [3.63, 3.8) is 0 Å². The molecule has 3 rings (SSSR count). The van der Waals surface area contributed by atoms with Gasteiger partial charge in [-0.2, -0.15) is 0 Å². The van der Waals surface area contributed by atoms with Gasteiger partial charge < -0.3 is 19.1 Å². The highest BCUT2D eigenvalue weighted by Crippen LogP contribution is 2.35. The van der Waals surface area contributed by atoms with E-state index < -0.39 is 5.97 Å². The Kier molecular flexibility index (Phi) is 8.20. The van der Waals surface area contributed by atoms with Crippen LogP contribution in [0.5, 0.6) is 5.75 Å². The highest BCUT2D eigenvalue weighted by Gasteiger charge is 2.28. The molecule has 1 aliphatic rings. The molecule has 3 heterocycles. The molecule has 0 aromatic carbocycles. The van der Waals surface area contributed by atoms with E-state index in [0.29, 0.717) is 17.2 Å². The maximum absolute atomic E-state index is 11.9. The molecule has 1 aliphatic heterocycles. The summed E-state index contributed by atoms with van der Waals surface area (Å²) in [6, 6.07) is 5.91. The topological polar surface area (TPSA) is 54.2 Å². The van der Waals surface area contributed by atoms with Crippen LogP contribution in [0.15, 0.2) is 18.2 Å². The molecule has 1 fully saturated rings. The predicted octanol–water partition coefficient (Wildman–Crippen LogP) is 4.68. The molecule has 28 heavy (non-hydrogen) atoms. The number of pyridine rings is 1. The van der Waals surface area contributed by atoms with Crippen molar-refractivity contribution in [2.45, 2.75) is 52.4 Å². The first-order chi connectivity index (χ1) is 13.1. The number of hydrogen-bond acceptors (Lipinski definition) is 3. The van der Waals surface area contributed by atoms with Crippen molar-refractivity contribution in [3.8, 4) is 5.75 Å². The number of hydrogen-bond donors (Lipinski definition) is 1. The highest BCUT2D eigenvalue weighted by atomic mass is 35.5. The molecular weight excluding hydrogens is 376 g/mol. The fraction of sp³-hybridized carbons (Fsp3) is 0.591. The van der Waals surface area contributed by atoms with E-state index in [2.05, 4.69) is 29.2 Å². The molecule has 0 atom stereocenters. The number of fused-ring (bicyclic) bond motifs is 1. The number of likely N-dealkylation sites (tertiary alicyclic amines) is 1. The molecule has 0 spiro atoms. The van der Waals surface area contributed by atoms with Crippen LogP contribution in [0.1, 0.15) is 61.3 Å². The van der Waals surface area contributed by atoms with Crippen molar-refractivity contribution < 1.29 is 14.6 Å². The zero-order chi connectivity index (χ0) is 19.4. The van der Waals surface area contributed by atoms with Gasteiger partial charge in [0.2, 0.25) is 0 Å². The Balaban J connectivity index is 0.00000280. The third-order valence-electron chi connectivity index (χ3n) is 5.88. The van der Waals surface area contributed by atoms with Crippen LogP contribution in [0.2, 0.25) is 0 Å². The van der Waals surface area contributed by atoms with Crippen LogP contribution >= 0.6 is 12.4 Å². The van der Waals surface area contributed by atoms with Gasteiger partial charge in [-0.3, -0.25) is 0 Å². The fourth-order valence-electron chi connectivity index (χ4n) is 4.39. The lowest BCUT2D eigenvalue weighted by Gasteiger charge is -2.32. The maximum atomic E-state index is 11.9. The Morgan fingerprint density at radius 2 is 1.96 bits per heavy atom. The summed E-state index contributed by atoms with van der Waals surface area (Å²) in [5.74, 6) is 0.191. The van der Waals surface area contributed by atoms with Crippen molar-refractivity contribution in [3.05, 3.63) is 35.2 Å². The monoisotopic (exact) mass is 408 g/mol. The van der Waals surface area contributed by atoms with Crippen molar-refractivity contribution in [1.82, 2.24) is 9.30 Å². The number of aromatic nitrogens is 1. The van der Waals surface area contributed by atoms with E-state index in [-0.39, 0.29) is 12.4 Å². The SMILES string of the molecule is CCCCN1CCC(Cc2c(OC)c(C(=O)O)c3cccc(CC)n23)CC1.Cl. The molecule has 6 heteroatoms. The van der Waals surface area contributed by atoms with Crippen LogP contribution in [0.25, 0.3) is 5.52 Å². The average molecular weight is 409 g/mol. The van der Waals surface area contributed by atoms with Crippen LogP contribution in [-0.4, -0.2) is 47.1 Å².